The molecule has 1 aromatic rings. The Hall–Kier alpha value is -1.81. The molecule has 1 heterocycles. The maximum atomic E-state index is 13.0. The number of rotatable bonds is 2. The summed E-state index contributed by atoms with van der Waals surface area (Å²) >= 11 is 0. The summed E-state index contributed by atoms with van der Waals surface area (Å²) < 4.78 is 13.0. The molecule has 0 N–H and O–H groups in total. The molecule has 0 saturated carbocycles. The molecule has 0 spiro atoms. The van der Waals surface area contributed by atoms with Crippen LogP contribution in [0.5, 0.6) is 0 Å². The van der Waals surface area contributed by atoms with Crippen molar-refractivity contribution in [3.8, 4) is 12.0 Å². The van der Waals surface area contributed by atoms with Crippen LogP contribution in [0.3, 0.4) is 0 Å². The fraction of sp³-hybridized carbons (Fsp3) is 0.467. The van der Waals surface area contributed by atoms with E-state index in [-0.39, 0.29) is 18.4 Å². The van der Waals surface area contributed by atoms with Crippen LogP contribution in [0.1, 0.15) is 25.3 Å². The van der Waals surface area contributed by atoms with E-state index in [1.54, 1.807) is 12.1 Å². The molecule has 96 valence electrons. The zero-order chi connectivity index (χ0) is 13.9. The summed E-state index contributed by atoms with van der Waals surface area (Å²) in [5.74, 6) is 2.27. The van der Waals surface area contributed by atoms with Crippen molar-refractivity contribution < 1.29 is 4.39 Å². The Kier molecular flexibility index (Phi) is 3.91. The lowest BCUT2D eigenvalue weighted by Crippen LogP contribution is -2.35. The molecular formula is C15H16BFN2. The van der Waals surface area contributed by atoms with Gasteiger partial charge in [-0.2, -0.15) is 5.26 Å². The van der Waals surface area contributed by atoms with Crippen molar-refractivity contribution in [2.75, 3.05) is 0 Å². The van der Waals surface area contributed by atoms with Crippen molar-refractivity contribution in [1.82, 2.24) is 0 Å². The van der Waals surface area contributed by atoms with Crippen LogP contribution in [-0.4, -0.2) is 6.71 Å². The van der Waals surface area contributed by atoms with Gasteiger partial charge in [0, 0.05) is 5.97 Å². The van der Waals surface area contributed by atoms with Crippen molar-refractivity contribution in [1.29, 1.82) is 10.5 Å². The van der Waals surface area contributed by atoms with Gasteiger partial charge < -0.3 is 0 Å². The molecular weight excluding hydrogens is 238 g/mol. The Labute approximate surface area is 113 Å². The number of hydrogen-bond acceptors (Lipinski definition) is 2. The molecule has 1 fully saturated rings. The van der Waals surface area contributed by atoms with Crippen LogP contribution >= 0.6 is 0 Å². The first-order valence-corrected chi connectivity index (χ1v) is 6.67. The van der Waals surface area contributed by atoms with Gasteiger partial charge in [-0.1, -0.05) is 37.6 Å². The Morgan fingerprint density at radius 3 is 2.26 bits per heavy atom. The highest BCUT2D eigenvalue weighted by Gasteiger charge is 2.39. The van der Waals surface area contributed by atoms with Crippen LogP contribution in [0.25, 0.3) is 0 Å². The van der Waals surface area contributed by atoms with Crippen molar-refractivity contribution in [2.45, 2.75) is 37.8 Å². The van der Waals surface area contributed by atoms with Crippen LogP contribution in [0, 0.1) is 34.3 Å². The maximum absolute atomic E-state index is 13.0. The van der Waals surface area contributed by atoms with Gasteiger partial charge >= 0.3 is 0 Å². The van der Waals surface area contributed by atoms with Gasteiger partial charge in [0.15, 0.2) is 0 Å². The summed E-state index contributed by atoms with van der Waals surface area (Å²) in [7, 11) is 0. The van der Waals surface area contributed by atoms with Crippen LogP contribution in [0.2, 0.25) is 12.6 Å². The Balaban J connectivity index is 2.22. The quantitative estimate of drug-likeness (QED) is 0.757. The highest BCUT2D eigenvalue weighted by atomic mass is 19.1. The second kappa shape index (κ2) is 5.45. The van der Waals surface area contributed by atoms with Crippen LogP contribution in [-0.2, 0) is 5.41 Å². The van der Waals surface area contributed by atoms with Gasteiger partial charge in [0.1, 0.15) is 5.82 Å². The van der Waals surface area contributed by atoms with Gasteiger partial charge in [0.2, 0.25) is 0 Å². The van der Waals surface area contributed by atoms with E-state index in [9.17, 15) is 9.65 Å². The second-order valence-electron chi connectivity index (χ2n) is 5.50. The van der Waals surface area contributed by atoms with Crippen LogP contribution in [0.15, 0.2) is 24.3 Å². The van der Waals surface area contributed by atoms with Crippen molar-refractivity contribution >= 4 is 6.71 Å². The zero-order valence-corrected chi connectivity index (χ0v) is 11.1. The summed E-state index contributed by atoms with van der Waals surface area (Å²) in [5, 5.41) is 18.5. The molecule has 0 amide bonds. The first kappa shape index (κ1) is 13.6. The number of benzene rings is 1. The lowest BCUT2D eigenvalue weighted by atomic mass is 9.40. The molecule has 1 aliphatic rings. The van der Waals surface area contributed by atoms with E-state index in [1.807, 2.05) is 6.92 Å². The summed E-state index contributed by atoms with van der Waals surface area (Å²) in [6, 6.07) is 8.64. The molecule has 4 heteroatoms. The Bertz CT molecular complexity index is 521. The number of nitrogens with zero attached hydrogens (tertiary/aromatic N) is 2. The smallest absolute Gasteiger partial charge is 0.213 e. The lowest BCUT2D eigenvalue weighted by molar-refractivity contribution is 0.332. The lowest BCUT2D eigenvalue weighted by Gasteiger charge is -2.35. The zero-order valence-electron chi connectivity index (χ0n) is 11.1. The number of nitriles is 2. The topological polar surface area (TPSA) is 47.6 Å². The molecule has 1 saturated heterocycles. The summed E-state index contributed by atoms with van der Waals surface area (Å²) in [4.78, 5) is 0. The summed E-state index contributed by atoms with van der Waals surface area (Å²) in [6.07, 6.45) is 3.50. The average Bonchev–Trinajstić information content (AvgIpc) is 2.47. The van der Waals surface area contributed by atoms with Gasteiger partial charge in [0.25, 0.3) is 6.71 Å². The first-order valence-electron chi connectivity index (χ1n) is 6.67. The van der Waals surface area contributed by atoms with Gasteiger partial charge in [-0.15, -0.1) is 0 Å². The predicted octanol–water partition coefficient (Wildman–Crippen LogP) is 3.57. The third-order valence-corrected chi connectivity index (χ3v) is 4.40. The molecule has 1 atom stereocenters. The minimum absolute atomic E-state index is 0.132. The third kappa shape index (κ3) is 2.63. The normalized spacial score (nSPS) is 19.3. The van der Waals surface area contributed by atoms with Crippen molar-refractivity contribution in [3.05, 3.63) is 35.6 Å². The van der Waals surface area contributed by atoms with Crippen LogP contribution in [0.4, 0.5) is 4.39 Å². The molecule has 0 aliphatic carbocycles. The molecule has 19 heavy (non-hydrogen) atoms. The van der Waals surface area contributed by atoms with E-state index < -0.39 is 5.41 Å². The van der Waals surface area contributed by atoms with Crippen molar-refractivity contribution in [3.63, 3.8) is 0 Å². The Morgan fingerprint density at radius 2 is 1.79 bits per heavy atom. The van der Waals surface area contributed by atoms with Crippen LogP contribution < -0.4 is 0 Å². The number of halogens is 1. The molecule has 1 aliphatic heterocycles. The van der Waals surface area contributed by atoms with E-state index in [4.69, 9.17) is 5.26 Å². The minimum Gasteiger partial charge on any atom is -0.213 e. The largest absolute Gasteiger partial charge is 0.267 e. The predicted molar refractivity (Wildman–Crippen MR) is 73.1 cm³/mol. The van der Waals surface area contributed by atoms with E-state index >= 15 is 0 Å². The average molecular weight is 254 g/mol. The third-order valence-electron chi connectivity index (χ3n) is 4.40. The SMILES string of the molecule is CC(C#N)(c1ccc(F)cc1)C1CCB(C#N)CC1. The van der Waals surface area contributed by atoms with Gasteiger partial charge in [-0.3, -0.25) is 0 Å². The molecule has 1 unspecified atom stereocenters. The standard InChI is InChI=1S/C15H16BFN2/c1-15(10-18,12-2-4-14(17)5-3-12)13-6-8-16(11-19)9-7-13/h2-5,13H,6-9H2,1H3. The molecule has 1 aromatic carbocycles. The minimum atomic E-state index is -0.589. The second-order valence-corrected chi connectivity index (χ2v) is 5.50. The molecule has 0 radical (unpaired) electrons. The van der Waals surface area contributed by atoms with Crippen molar-refractivity contribution in [2.24, 2.45) is 5.92 Å². The monoisotopic (exact) mass is 254 g/mol. The van der Waals surface area contributed by atoms with E-state index in [0.29, 0.717) is 0 Å². The highest BCUT2D eigenvalue weighted by molar-refractivity contribution is 6.67. The van der Waals surface area contributed by atoms with E-state index in [2.05, 4.69) is 12.0 Å². The molecule has 2 rings (SSSR count). The molecule has 0 aromatic heterocycles. The summed E-state index contributed by atoms with van der Waals surface area (Å²) in [6.45, 7) is 2.06. The van der Waals surface area contributed by atoms with Gasteiger partial charge in [-0.25, -0.2) is 9.65 Å². The van der Waals surface area contributed by atoms with E-state index in [0.717, 1.165) is 31.0 Å². The maximum Gasteiger partial charge on any atom is 0.267 e. The van der Waals surface area contributed by atoms with Gasteiger partial charge in [-0.05, 0) is 30.5 Å². The van der Waals surface area contributed by atoms with E-state index in [1.165, 1.54) is 12.1 Å². The first-order chi connectivity index (χ1) is 9.10. The fourth-order valence-electron chi connectivity index (χ4n) is 2.99. The Morgan fingerprint density at radius 1 is 1.21 bits per heavy atom. The highest BCUT2D eigenvalue weighted by Crippen LogP contribution is 2.40. The summed E-state index contributed by atoms with van der Waals surface area (Å²) in [5.41, 5.74) is 0.283. The van der Waals surface area contributed by atoms with Gasteiger partial charge in [0.05, 0.1) is 11.5 Å². The molecule has 0 bridgehead atoms. The number of hydrogen-bond donors (Lipinski definition) is 0. The fourth-order valence-corrected chi connectivity index (χ4v) is 2.99. The molecule has 2 nitrogen and oxygen atoms in total.